The van der Waals surface area contributed by atoms with E-state index in [1.54, 1.807) is 29.8 Å². The van der Waals surface area contributed by atoms with Gasteiger partial charge in [0.15, 0.2) is 0 Å². The number of nitrogens with one attached hydrogen (secondary N) is 2. The van der Waals surface area contributed by atoms with Crippen LogP contribution in [0.1, 0.15) is 57.2 Å². The van der Waals surface area contributed by atoms with Crippen LogP contribution in [0.15, 0.2) is 121 Å². The summed E-state index contributed by atoms with van der Waals surface area (Å²) in [5.74, 6) is 1.65. The summed E-state index contributed by atoms with van der Waals surface area (Å²) in [5, 5.41) is 16.5. The molecule has 0 saturated carbocycles. The van der Waals surface area contributed by atoms with E-state index in [9.17, 15) is 19.2 Å². The van der Waals surface area contributed by atoms with Gasteiger partial charge in [-0.25, -0.2) is 9.97 Å². The van der Waals surface area contributed by atoms with Gasteiger partial charge in [-0.1, -0.05) is 98.8 Å². The number of piperazine rings is 2. The predicted molar refractivity (Wildman–Crippen MR) is 299 cm³/mol. The van der Waals surface area contributed by atoms with Crippen molar-refractivity contribution in [2.75, 3.05) is 93.1 Å². The Balaban J connectivity index is 0.000000184. The molecule has 8 aromatic rings. The van der Waals surface area contributed by atoms with Crippen LogP contribution in [0.25, 0.3) is 42.7 Å². The van der Waals surface area contributed by atoms with Gasteiger partial charge in [-0.05, 0) is 71.5 Å². The molecule has 2 fully saturated rings. The van der Waals surface area contributed by atoms with Crippen molar-refractivity contribution in [3.05, 3.63) is 142 Å². The maximum Gasteiger partial charge on any atom is 0.253 e. The molecule has 0 aliphatic carbocycles. The zero-order valence-electron chi connectivity index (χ0n) is 42.3. The van der Waals surface area contributed by atoms with Gasteiger partial charge >= 0.3 is 0 Å². The first-order valence-electron chi connectivity index (χ1n) is 25.3. The molecule has 6 heterocycles. The minimum Gasteiger partial charge on any atom is -0.396 e. The van der Waals surface area contributed by atoms with Crippen molar-refractivity contribution in [2.24, 2.45) is 0 Å². The minimum atomic E-state index is -0.325. The van der Waals surface area contributed by atoms with Crippen LogP contribution in [-0.2, 0) is 27.2 Å². The van der Waals surface area contributed by atoms with Crippen LogP contribution in [0, 0.1) is 0 Å². The van der Waals surface area contributed by atoms with Crippen LogP contribution in [0.5, 0.6) is 0 Å². The van der Waals surface area contributed by atoms with Gasteiger partial charge in [0.1, 0.15) is 21.3 Å². The van der Waals surface area contributed by atoms with Gasteiger partial charge in [-0.3, -0.25) is 29.8 Å². The Morgan fingerprint density at radius 2 is 0.920 bits per heavy atom. The van der Waals surface area contributed by atoms with Gasteiger partial charge in [0.25, 0.3) is 11.8 Å². The lowest BCUT2D eigenvalue weighted by Gasteiger charge is -2.35. The summed E-state index contributed by atoms with van der Waals surface area (Å²) in [6.07, 6.45) is 2.03. The molecule has 3 N–H and O–H groups in total. The molecular weight excluding hydrogens is 985 g/mol. The fraction of sp³-hybridized carbons (Fsp3) is 0.298. The number of amides is 4. The predicted octanol–water partition coefficient (Wildman–Crippen LogP) is 9.06. The van der Waals surface area contributed by atoms with E-state index in [0.29, 0.717) is 76.0 Å². The number of aliphatic hydroxyl groups excluding tert-OH is 1. The monoisotopic (exact) mass is 1040 g/mol. The number of rotatable bonds is 15. The van der Waals surface area contributed by atoms with Crippen molar-refractivity contribution >= 4 is 90.3 Å². The SMILES string of the molecule is CCc1cc2c(N3CCN(C(=O)c4ccc(-c5ccccc5)cc4)CC3)nc(NC(=O)CCO)nc2s1.CCc1cc2c(N3CCN(C(=O)c4ccc(-c5ccccc5)cc4)CC3)nc(NC(=O)CCOC)nc2s1. The summed E-state index contributed by atoms with van der Waals surface area (Å²) in [4.78, 5) is 81.5. The fourth-order valence-corrected chi connectivity index (χ4v) is 10.9. The third-order valence-corrected chi connectivity index (χ3v) is 15.5. The lowest BCUT2D eigenvalue weighted by Crippen LogP contribution is -2.49. The van der Waals surface area contributed by atoms with Crippen molar-refractivity contribution in [2.45, 2.75) is 39.5 Å². The molecule has 0 spiro atoms. The van der Waals surface area contributed by atoms with Crippen molar-refractivity contribution < 1.29 is 29.0 Å². The second kappa shape index (κ2) is 24.6. The Hall–Kier alpha value is -7.64. The summed E-state index contributed by atoms with van der Waals surface area (Å²) < 4.78 is 5.00. The van der Waals surface area contributed by atoms with Crippen LogP contribution < -0.4 is 20.4 Å². The Kier molecular flexibility index (Phi) is 17.1. The highest BCUT2D eigenvalue weighted by molar-refractivity contribution is 7.19. The number of ether oxygens (including phenoxy) is 1. The summed E-state index contributed by atoms with van der Waals surface area (Å²) in [5.41, 5.74) is 5.79. The zero-order valence-corrected chi connectivity index (χ0v) is 44.0. The largest absolute Gasteiger partial charge is 0.396 e. The second-order valence-electron chi connectivity index (χ2n) is 18.1. The average Bonchev–Trinajstić information content (AvgIpc) is 4.10. The molecule has 2 saturated heterocycles. The number of carbonyl (C=O) groups is 4. The van der Waals surface area contributed by atoms with Crippen LogP contribution in [0.2, 0.25) is 0 Å². The van der Waals surface area contributed by atoms with Gasteiger partial charge in [0.2, 0.25) is 23.7 Å². The molecule has 0 radical (unpaired) electrons. The first-order valence-corrected chi connectivity index (χ1v) is 26.9. The normalized spacial score (nSPS) is 13.7. The molecule has 4 amide bonds. The number of aromatic nitrogens is 4. The molecule has 4 aromatic carbocycles. The molecule has 0 unspecified atom stereocenters. The lowest BCUT2D eigenvalue weighted by molar-refractivity contribution is -0.117. The Morgan fingerprint density at radius 1 is 0.533 bits per heavy atom. The van der Waals surface area contributed by atoms with Crippen LogP contribution >= 0.6 is 22.7 Å². The van der Waals surface area contributed by atoms with Crippen LogP contribution in [0.3, 0.4) is 0 Å². The molecule has 386 valence electrons. The zero-order chi connectivity index (χ0) is 52.3. The number of anilines is 4. The first kappa shape index (κ1) is 52.2. The molecule has 10 rings (SSSR count). The molecule has 16 nitrogen and oxygen atoms in total. The number of hydrogen-bond acceptors (Lipinski definition) is 14. The quantitative estimate of drug-likeness (QED) is 0.0886. The van der Waals surface area contributed by atoms with E-state index in [2.05, 4.69) is 85.6 Å². The Labute approximate surface area is 444 Å². The highest BCUT2D eigenvalue weighted by Crippen LogP contribution is 2.35. The van der Waals surface area contributed by atoms with E-state index in [4.69, 9.17) is 14.8 Å². The van der Waals surface area contributed by atoms with Gasteiger partial charge in [0.05, 0.1) is 36.8 Å². The average molecular weight is 1050 g/mol. The highest BCUT2D eigenvalue weighted by Gasteiger charge is 2.28. The van der Waals surface area contributed by atoms with E-state index < -0.39 is 0 Å². The molecule has 4 aromatic heterocycles. The third kappa shape index (κ3) is 12.7. The van der Waals surface area contributed by atoms with E-state index in [1.807, 2.05) is 94.7 Å². The summed E-state index contributed by atoms with van der Waals surface area (Å²) in [6, 6.07) is 40.1. The van der Waals surface area contributed by atoms with Gasteiger partial charge in [-0.2, -0.15) is 9.97 Å². The minimum absolute atomic E-state index is 0.00546. The van der Waals surface area contributed by atoms with Gasteiger partial charge in [-0.15, -0.1) is 22.7 Å². The number of hydrogen-bond donors (Lipinski definition) is 3. The number of methoxy groups -OCH3 is 1. The van der Waals surface area contributed by atoms with Gasteiger partial charge < -0.3 is 29.4 Å². The Bertz CT molecular complexity index is 3250. The number of carbonyl (C=O) groups excluding carboxylic acids is 4. The van der Waals surface area contributed by atoms with Crippen LogP contribution in [0.4, 0.5) is 23.5 Å². The molecule has 75 heavy (non-hydrogen) atoms. The summed E-state index contributed by atoms with van der Waals surface area (Å²) >= 11 is 3.21. The lowest BCUT2D eigenvalue weighted by atomic mass is 10.0. The second-order valence-corrected chi connectivity index (χ2v) is 20.3. The first-order chi connectivity index (χ1) is 36.6. The smallest absolute Gasteiger partial charge is 0.253 e. The Morgan fingerprint density at radius 3 is 1.29 bits per heavy atom. The molecular formula is C57H60N10O6S2. The van der Waals surface area contributed by atoms with Crippen LogP contribution in [-0.4, -0.2) is 131 Å². The molecule has 0 atom stereocenters. The molecule has 18 heteroatoms. The summed E-state index contributed by atoms with van der Waals surface area (Å²) in [7, 11) is 1.57. The number of nitrogens with zero attached hydrogens (tertiary/aromatic N) is 8. The fourth-order valence-electron chi connectivity index (χ4n) is 9.01. The standard InChI is InChI=1S/C29H31N5O3S.C28H29N5O3S/c1-3-23-19-24-26(31-29(32-27(24)38-23)30-25(35)13-18-37-2)33-14-16-34(17-15-33)28(36)22-11-9-21(10-12-22)20-7-5-4-6-8-20;1-2-22-18-23-25(30-28(31-26(23)37-22)29-24(35)12-17-34)32-13-15-33(16-14-32)27(36)21-10-8-20(9-11-21)19-6-4-3-5-7-19/h4-12,19H,3,13-18H2,1-2H3,(H,30,31,32,35);3-11,18,34H,2,12-17H2,1H3,(H,29,30,31,35). The number of benzene rings is 4. The molecule has 2 aliphatic heterocycles. The van der Waals surface area contributed by atoms with E-state index in [-0.39, 0.29) is 49.0 Å². The van der Waals surface area contributed by atoms with Crippen molar-refractivity contribution in [3.63, 3.8) is 0 Å². The maximum absolute atomic E-state index is 13.2. The summed E-state index contributed by atoms with van der Waals surface area (Å²) in [6.45, 7) is 9.18. The van der Waals surface area contributed by atoms with Crippen molar-refractivity contribution in [1.82, 2.24) is 29.7 Å². The molecule has 0 bridgehead atoms. The van der Waals surface area contributed by atoms with Crippen molar-refractivity contribution in [3.8, 4) is 22.3 Å². The third-order valence-electron chi connectivity index (χ3n) is 13.1. The van der Waals surface area contributed by atoms with E-state index >= 15 is 0 Å². The van der Waals surface area contributed by atoms with Gasteiger partial charge in [0, 0.05) is 80.3 Å². The van der Waals surface area contributed by atoms with E-state index in [1.165, 1.54) is 9.75 Å². The maximum atomic E-state index is 13.2. The van der Waals surface area contributed by atoms with Crippen molar-refractivity contribution in [1.29, 1.82) is 0 Å². The van der Waals surface area contributed by atoms with E-state index in [0.717, 1.165) is 67.2 Å². The number of fused-ring (bicyclic) bond motifs is 2. The number of aliphatic hydroxyl groups is 1. The topological polar surface area (TPSA) is 186 Å². The highest BCUT2D eigenvalue weighted by atomic mass is 32.1. The molecule has 2 aliphatic rings. The number of thiophene rings is 2. The number of aryl methyl sites for hydroxylation is 2.